The van der Waals surface area contributed by atoms with Crippen LogP contribution in [0.2, 0.25) is 0 Å². The van der Waals surface area contributed by atoms with Crippen molar-refractivity contribution in [2.24, 2.45) is 0 Å². The zero-order valence-corrected chi connectivity index (χ0v) is 9.55. The van der Waals surface area contributed by atoms with Crippen molar-refractivity contribution >= 4 is 49.0 Å². The Balaban J connectivity index is -0.0000000400. The van der Waals surface area contributed by atoms with Gasteiger partial charge in [-0.25, -0.2) is 0 Å². The summed E-state index contributed by atoms with van der Waals surface area (Å²) in [4.78, 5) is 0. The number of rotatable bonds is 0. The number of alkyl halides is 2. The quantitative estimate of drug-likeness (QED) is 0.572. The number of hydrogen-bond donors (Lipinski definition) is 0. The summed E-state index contributed by atoms with van der Waals surface area (Å²) >= 11 is 10.00. The van der Waals surface area contributed by atoms with Gasteiger partial charge in [0.15, 0.2) is 0 Å². The van der Waals surface area contributed by atoms with Crippen LogP contribution in [0.15, 0.2) is 0 Å². The molecule has 0 bridgehead atoms. The van der Waals surface area contributed by atoms with Gasteiger partial charge in [0, 0.05) is 37.6 Å². The molecule has 0 aliphatic carbocycles. The zero-order valence-electron chi connectivity index (χ0n) is 4.75. The molecule has 0 fully saturated rings. The van der Waals surface area contributed by atoms with Crippen LogP contribution in [0.25, 0.3) is 0 Å². The molecule has 0 aliphatic rings. The van der Waals surface area contributed by atoms with Gasteiger partial charge >= 0.3 is 0 Å². The molecule has 0 saturated heterocycles. The summed E-state index contributed by atoms with van der Waals surface area (Å²) in [7, 11) is 0. The minimum Gasteiger partial charge on any atom is -0.127 e. The van der Waals surface area contributed by atoms with Crippen molar-refractivity contribution in [3.63, 3.8) is 0 Å². The van der Waals surface area contributed by atoms with E-state index in [1.807, 2.05) is 13.8 Å². The fraction of sp³-hybridized carbons (Fsp3) is 1.00. The van der Waals surface area contributed by atoms with E-state index in [0.717, 1.165) is 11.8 Å². The second-order valence-corrected chi connectivity index (χ2v) is 1.60. The van der Waals surface area contributed by atoms with E-state index in [1.54, 1.807) is 0 Å². The Morgan fingerprint density at radius 3 is 1.00 bits per heavy atom. The Morgan fingerprint density at radius 2 is 1.00 bits per heavy atom. The standard InChI is InChI=1S/2C2H5Cl.In/c2*1-2-3;/h2*2H2,1H3;. The molecular formula is C4H10Cl2In. The van der Waals surface area contributed by atoms with Crippen molar-refractivity contribution in [3.05, 3.63) is 0 Å². The van der Waals surface area contributed by atoms with Gasteiger partial charge in [-0.05, 0) is 0 Å². The first-order chi connectivity index (χ1) is 2.83. The Kier molecular flexibility index (Phi) is 58.7. The molecule has 0 saturated carbocycles. The maximum Gasteiger partial charge on any atom is 0.0195 e. The van der Waals surface area contributed by atoms with Crippen LogP contribution in [0.1, 0.15) is 13.8 Å². The van der Waals surface area contributed by atoms with Gasteiger partial charge in [0.05, 0.1) is 0 Å². The van der Waals surface area contributed by atoms with Crippen LogP contribution in [0, 0.1) is 0 Å². The molecule has 0 atom stereocenters. The number of halogens is 2. The molecule has 0 amide bonds. The van der Waals surface area contributed by atoms with Crippen molar-refractivity contribution < 1.29 is 0 Å². The summed E-state index contributed by atoms with van der Waals surface area (Å²) < 4.78 is 0. The average molecular weight is 244 g/mol. The molecule has 0 N–H and O–H groups in total. The minimum absolute atomic E-state index is 0. The van der Waals surface area contributed by atoms with Crippen molar-refractivity contribution in [1.29, 1.82) is 0 Å². The van der Waals surface area contributed by atoms with E-state index in [9.17, 15) is 0 Å². The summed E-state index contributed by atoms with van der Waals surface area (Å²) in [5, 5.41) is 0. The van der Waals surface area contributed by atoms with E-state index in [4.69, 9.17) is 23.2 Å². The first-order valence-electron chi connectivity index (χ1n) is 1.95. The monoisotopic (exact) mass is 243 g/mol. The van der Waals surface area contributed by atoms with E-state index in [2.05, 4.69) is 0 Å². The maximum absolute atomic E-state index is 5.00. The summed E-state index contributed by atoms with van der Waals surface area (Å²) in [6, 6.07) is 0. The molecule has 0 aromatic carbocycles. The summed E-state index contributed by atoms with van der Waals surface area (Å²) in [6.45, 7) is 3.78. The van der Waals surface area contributed by atoms with Crippen LogP contribution in [-0.2, 0) is 0 Å². The fourth-order valence-corrected chi connectivity index (χ4v) is 0. The normalized spacial score (nSPS) is 5.14. The van der Waals surface area contributed by atoms with Crippen molar-refractivity contribution in [1.82, 2.24) is 0 Å². The fourth-order valence-electron chi connectivity index (χ4n) is 0. The first kappa shape index (κ1) is 15.8. The van der Waals surface area contributed by atoms with Crippen molar-refractivity contribution in [3.8, 4) is 0 Å². The van der Waals surface area contributed by atoms with Gasteiger partial charge in [0.1, 0.15) is 0 Å². The predicted molar refractivity (Wildman–Crippen MR) is 38.5 cm³/mol. The molecule has 0 aromatic rings. The Labute approximate surface area is 74.4 Å². The van der Waals surface area contributed by atoms with Gasteiger partial charge in [-0.2, -0.15) is 0 Å². The van der Waals surface area contributed by atoms with Crippen molar-refractivity contribution in [2.75, 3.05) is 11.8 Å². The molecule has 3 radical (unpaired) electrons. The Hall–Kier alpha value is 1.45. The van der Waals surface area contributed by atoms with Crippen molar-refractivity contribution in [2.45, 2.75) is 13.8 Å². The van der Waals surface area contributed by atoms with E-state index >= 15 is 0 Å². The second-order valence-electron chi connectivity index (χ2n) is 0.535. The summed E-state index contributed by atoms with van der Waals surface area (Å²) in [5.41, 5.74) is 0. The first-order valence-corrected chi connectivity index (χ1v) is 3.02. The third-order valence-corrected chi connectivity index (χ3v) is 0. The Bertz CT molecular complexity index is 11.7. The molecular weight excluding hydrogens is 234 g/mol. The maximum atomic E-state index is 5.00. The van der Waals surface area contributed by atoms with Gasteiger partial charge in [-0.3, -0.25) is 0 Å². The van der Waals surface area contributed by atoms with Crippen LogP contribution in [-0.4, -0.2) is 37.6 Å². The van der Waals surface area contributed by atoms with Crippen LogP contribution < -0.4 is 0 Å². The molecule has 0 spiro atoms. The zero-order chi connectivity index (χ0) is 5.41. The minimum atomic E-state index is 0. The third kappa shape index (κ3) is 105. The SMILES string of the molecule is CCCl.CCCl.[In]. The third-order valence-electron chi connectivity index (χ3n) is 0. The largest absolute Gasteiger partial charge is 0.127 e. The molecule has 0 aliphatic heterocycles. The Morgan fingerprint density at radius 1 is 1.00 bits per heavy atom. The van der Waals surface area contributed by atoms with E-state index in [0.29, 0.717) is 0 Å². The predicted octanol–water partition coefficient (Wildman–Crippen LogP) is 2.11. The molecule has 0 unspecified atom stereocenters. The van der Waals surface area contributed by atoms with E-state index in [1.165, 1.54) is 0 Å². The molecule has 0 heterocycles. The second kappa shape index (κ2) is 26.0. The molecule has 0 nitrogen and oxygen atoms in total. The topological polar surface area (TPSA) is 0 Å². The van der Waals surface area contributed by atoms with Crippen LogP contribution in [0.3, 0.4) is 0 Å². The molecule has 0 rings (SSSR count). The van der Waals surface area contributed by atoms with Crippen LogP contribution >= 0.6 is 23.2 Å². The summed E-state index contributed by atoms with van der Waals surface area (Å²) in [5.74, 6) is 1.44. The van der Waals surface area contributed by atoms with E-state index < -0.39 is 0 Å². The van der Waals surface area contributed by atoms with Crippen LogP contribution in [0.4, 0.5) is 0 Å². The molecule has 43 valence electrons. The molecule has 3 heteroatoms. The van der Waals surface area contributed by atoms with E-state index in [-0.39, 0.29) is 25.8 Å². The molecule has 7 heavy (non-hydrogen) atoms. The smallest absolute Gasteiger partial charge is 0.0195 e. The van der Waals surface area contributed by atoms with Gasteiger partial charge < -0.3 is 0 Å². The average Bonchev–Trinajstić information content (AvgIpc) is 1.39. The van der Waals surface area contributed by atoms with Gasteiger partial charge in [0.25, 0.3) is 0 Å². The van der Waals surface area contributed by atoms with Crippen LogP contribution in [0.5, 0.6) is 0 Å². The van der Waals surface area contributed by atoms with Gasteiger partial charge in [-0.15, -0.1) is 23.2 Å². The summed E-state index contributed by atoms with van der Waals surface area (Å²) in [6.07, 6.45) is 0. The number of hydrogen-bond acceptors (Lipinski definition) is 0. The van der Waals surface area contributed by atoms with Gasteiger partial charge in [0.2, 0.25) is 0 Å². The van der Waals surface area contributed by atoms with Gasteiger partial charge in [-0.1, -0.05) is 13.8 Å². The molecule has 0 aromatic heterocycles.